The highest BCUT2D eigenvalue weighted by molar-refractivity contribution is 5.78. The Morgan fingerprint density at radius 1 is 1.11 bits per heavy atom. The summed E-state index contributed by atoms with van der Waals surface area (Å²) in [6.45, 7) is 7.05. The van der Waals surface area contributed by atoms with Crippen molar-refractivity contribution in [3.8, 4) is 0 Å². The van der Waals surface area contributed by atoms with Crippen molar-refractivity contribution in [2.24, 2.45) is 0 Å². The van der Waals surface area contributed by atoms with E-state index in [4.69, 9.17) is 0 Å². The average molecular weight is 248 g/mol. The van der Waals surface area contributed by atoms with Crippen LogP contribution in [0.4, 0.5) is 0 Å². The molecular weight excluding hydrogens is 224 g/mol. The van der Waals surface area contributed by atoms with Crippen molar-refractivity contribution < 1.29 is 4.79 Å². The lowest BCUT2D eigenvalue weighted by Gasteiger charge is -2.23. The molecule has 3 nitrogen and oxygen atoms in total. The predicted octanol–water partition coefficient (Wildman–Crippen LogP) is 2.03. The number of benzene rings is 1. The minimum atomic E-state index is 0.218. The number of likely N-dealkylation sites (N-methyl/N-ethyl adjacent to an activating group) is 2. The Morgan fingerprint density at radius 3 is 2.28 bits per heavy atom. The van der Waals surface area contributed by atoms with Gasteiger partial charge in [0, 0.05) is 19.6 Å². The van der Waals surface area contributed by atoms with Crippen LogP contribution in [0, 0.1) is 0 Å². The molecule has 1 aromatic rings. The Bertz CT molecular complexity index is 347. The van der Waals surface area contributed by atoms with Crippen molar-refractivity contribution in [3.05, 3.63) is 35.9 Å². The van der Waals surface area contributed by atoms with Gasteiger partial charge in [0.15, 0.2) is 0 Å². The summed E-state index contributed by atoms with van der Waals surface area (Å²) < 4.78 is 0. The van der Waals surface area contributed by atoms with E-state index in [0.717, 1.165) is 26.1 Å². The number of carbonyl (C=O) groups is 1. The van der Waals surface area contributed by atoms with Gasteiger partial charge in [0.2, 0.25) is 5.91 Å². The molecular formula is C15H24N2O. The fraction of sp³-hybridized carbons (Fsp3) is 0.533. The summed E-state index contributed by atoms with van der Waals surface area (Å²) in [5, 5.41) is 0. The van der Waals surface area contributed by atoms with Crippen LogP contribution in [0.15, 0.2) is 30.3 Å². The molecule has 0 fully saturated rings. The van der Waals surface area contributed by atoms with Gasteiger partial charge in [0.25, 0.3) is 0 Å². The van der Waals surface area contributed by atoms with Gasteiger partial charge in [-0.25, -0.2) is 0 Å². The molecule has 0 heterocycles. The maximum Gasteiger partial charge on any atom is 0.236 e. The largest absolute Gasteiger partial charge is 0.342 e. The van der Waals surface area contributed by atoms with E-state index in [1.807, 2.05) is 31.9 Å². The van der Waals surface area contributed by atoms with Crippen LogP contribution < -0.4 is 0 Å². The number of hydrogen-bond donors (Lipinski definition) is 0. The number of amides is 1. The Kier molecular flexibility index (Phi) is 6.44. The highest BCUT2D eigenvalue weighted by Gasteiger charge is 2.11. The van der Waals surface area contributed by atoms with Crippen LogP contribution in [0.2, 0.25) is 0 Å². The molecule has 0 bridgehead atoms. The molecule has 1 rings (SSSR count). The van der Waals surface area contributed by atoms with Crippen molar-refractivity contribution in [3.63, 3.8) is 0 Å². The SMILES string of the molecule is CCN(CC)C(=O)CN(C)CCc1ccccc1. The van der Waals surface area contributed by atoms with E-state index in [2.05, 4.69) is 29.2 Å². The summed E-state index contributed by atoms with van der Waals surface area (Å²) in [7, 11) is 2.00. The molecule has 0 aliphatic heterocycles. The molecule has 0 saturated carbocycles. The fourth-order valence-corrected chi connectivity index (χ4v) is 1.95. The van der Waals surface area contributed by atoms with E-state index in [-0.39, 0.29) is 5.91 Å². The van der Waals surface area contributed by atoms with Crippen LogP contribution in [0.25, 0.3) is 0 Å². The lowest BCUT2D eigenvalue weighted by Crippen LogP contribution is -2.39. The molecule has 0 aromatic heterocycles. The minimum absolute atomic E-state index is 0.218. The van der Waals surface area contributed by atoms with Gasteiger partial charge in [-0.3, -0.25) is 9.69 Å². The van der Waals surface area contributed by atoms with E-state index in [1.54, 1.807) is 0 Å². The average Bonchev–Trinajstić information content (AvgIpc) is 2.39. The highest BCUT2D eigenvalue weighted by Crippen LogP contribution is 2.01. The third kappa shape index (κ3) is 4.88. The number of hydrogen-bond acceptors (Lipinski definition) is 2. The summed E-state index contributed by atoms with van der Waals surface area (Å²) in [4.78, 5) is 15.9. The van der Waals surface area contributed by atoms with Gasteiger partial charge in [-0.15, -0.1) is 0 Å². The molecule has 100 valence electrons. The number of nitrogens with zero attached hydrogens (tertiary/aromatic N) is 2. The third-order valence-electron chi connectivity index (χ3n) is 3.15. The topological polar surface area (TPSA) is 23.6 Å². The zero-order valence-corrected chi connectivity index (χ0v) is 11.7. The summed E-state index contributed by atoms with van der Waals surface area (Å²) in [6, 6.07) is 10.4. The summed E-state index contributed by atoms with van der Waals surface area (Å²) in [6.07, 6.45) is 0.989. The Balaban J connectivity index is 2.33. The summed E-state index contributed by atoms with van der Waals surface area (Å²) in [5.41, 5.74) is 1.32. The van der Waals surface area contributed by atoms with E-state index in [9.17, 15) is 4.79 Å². The van der Waals surface area contributed by atoms with Crippen molar-refractivity contribution in [1.29, 1.82) is 0 Å². The van der Waals surface area contributed by atoms with Gasteiger partial charge >= 0.3 is 0 Å². The zero-order chi connectivity index (χ0) is 13.4. The molecule has 3 heteroatoms. The first-order valence-corrected chi connectivity index (χ1v) is 6.67. The second-order valence-electron chi connectivity index (χ2n) is 4.54. The third-order valence-corrected chi connectivity index (χ3v) is 3.15. The maximum absolute atomic E-state index is 11.9. The number of rotatable bonds is 7. The van der Waals surface area contributed by atoms with Crippen LogP contribution in [-0.2, 0) is 11.2 Å². The second-order valence-corrected chi connectivity index (χ2v) is 4.54. The standard InChI is InChI=1S/C15H24N2O/c1-4-17(5-2)15(18)13-16(3)12-11-14-9-7-6-8-10-14/h6-10H,4-5,11-13H2,1-3H3. The van der Waals surface area contributed by atoms with Crippen molar-refractivity contribution in [2.45, 2.75) is 20.3 Å². The second kappa shape index (κ2) is 7.88. The van der Waals surface area contributed by atoms with Crippen molar-refractivity contribution >= 4 is 5.91 Å². The Morgan fingerprint density at radius 2 is 1.72 bits per heavy atom. The molecule has 0 aliphatic carbocycles. The van der Waals surface area contributed by atoms with E-state index < -0.39 is 0 Å². The van der Waals surface area contributed by atoms with Crippen LogP contribution in [0.3, 0.4) is 0 Å². The lowest BCUT2D eigenvalue weighted by molar-refractivity contribution is -0.131. The summed E-state index contributed by atoms with van der Waals surface area (Å²) >= 11 is 0. The highest BCUT2D eigenvalue weighted by atomic mass is 16.2. The maximum atomic E-state index is 11.9. The molecule has 0 atom stereocenters. The van der Waals surface area contributed by atoms with Crippen LogP contribution >= 0.6 is 0 Å². The van der Waals surface area contributed by atoms with Crippen LogP contribution in [0.5, 0.6) is 0 Å². The van der Waals surface area contributed by atoms with Gasteiger partial charge in [-0.05, 0) is 32.9 Å². The van der Waals surface area contributed by atoms with Crippen molar-refractivity contribution in [2.75, 3.05) is 33.2 Å². The molecule has 0 aliphatic rings. The smallest absolute Gasteiger partial charge is 0.236 e. The molecule has 0 saturated heterocycles. The normalized spacial score (nSPS) is 10.7. The van der Waals surface area contributed by atoms with Gasteiger partial charge in [0.05, 0.1) is 6.54 Å². The number of carbonyl (C=O) groups excluding carboxylic acids is 1. The molecule has 0 unspecified atom stereocenters. The van der Waals surface area contributed by atoms with Gasteiger partial charge in [-0.2, -0.15) is 0 Å². The van der Waals surface area contributed by atoms with E-state index in [0.29, 0.717) is 6.54 Å². The Hall–Kier alpha value is -1.35. The molecule has 18 heavy (non-hydrogen) atoms. The van der Waals surface area contributed by atoms with E-state index in [1.165, 1.54) is 5.56 Å². The first-order chi connectivity index (χ1) is 8.67. The molecule has 0 radical (unpaired) electrons. The molecule has 1 amide bonds. The molecule has 1 aromatic carbocycles. The monoisotopic (exact) mass is 248 g/mol. The summed E-state index contributed by atoms with van der Waals surface area (Å²) in [5.74, 6) is 0.218. The van der Waals surface area contributed by atoms with Crippen LogP contribution in [-0.4, -0.2) is 48.9 Å². The van der Waals surface area contributed by atoms with Crippen LogP contribution in [0.1, 0.15) is 19.4 Å². The zero-order valence-electron chi connectivity index (χ0n) is 11.7. The lowest BCUT2D eigenvalue weighted by atomic mass is 10.1. The van der Waals surface area contributed by atoms with Gasteiger partial charge < -0.3 is 4.90 Å². The van der Waals surface area contributed by atoms with Crippen molar-refractivity contribution in [1.82, 2.24) is 9.80 Å². The van der Waals surface area contributed by atoms with Gasteiger partial charge in [0.1, 0.15) is 0 Å². The fourth-order valence-electron chi connectivity index (χ4n) is 1.95. The quantitative estimate of drug-likeness (QED) is 0.737. The Labute approximate surface area is 110 Å². The molecule has 0 N–H and O–H groups in total. The first-order valence-electron chi connectivity index (χ1n) is 6.67. The van der Waals surface area contributed by atoms with E-state index >= 15 is 0 Å². The predicted molar refractivity (Wildman–Crippen MR) is 75.6 cm³/mol. The minimum Gasteiger partial charge on any atom is -0.342 e. The first kappa shape index (κ1) is 14.7. The van der Waals surface area contributed by atoms with Gasteiger partial charge in [-0.1, -0.05) is 30.3 Å². The molecule has 0 spiro atoms.